The van der Waals surface area contributed by atoms with Crippen molar-refractivity contribution in [3.8, 4) is 0 Å². The molecule has 104 valence electrons. The summed E-state index contributed by atoms with van der Waals surface area (Å²) >= 11 is 0. The van der Waals surface area contributed by atoms with Gasteiger partial charge in [0, 0.05) is 13.1 Å². The van der Waals surface area contributed by atoms with Crippen molar-refractivity contribution in [1.82, 2.24) is 15.1 Å². The summed E-state index contributed by atoms with van der Waals surface area (Å²) in [6.07, 6.45) is 7.18. The summed E-state index contributed by atoms with van der Waals surface area (Å²) in [5.74, 6) is 0.923. The number of rotatable bonds is 2. The summed E-state index contributed by atoms with van der Waals surface area (Å²) in [5, 5.41) is 3.51. The first kappa shape index (κ1) is 12.9. The molecule has 1 atom stereocenters. The smallest absolute Gasteiger partial charge is 0.00391 e. The van der Waals surface area contributed by atoms with Crippen LogP contribution in [0.1, 0.15) is 32.1 Å². The molecule has 1 N–H and O–H groups in total. The van der Waals surface area contributed by atoms with Gasteiger partial charge in [0.15, 0.2) is 0 Å². The molecule has 3 nitrogen and oxygen atoms in total. The summed E-state index contributed by atoms with van der Waals surface area (Å²) < 4.78 is 0. The van der Waals surface area contributed by atoms with E-state index in [-0.39, 0.29) is 0 Å². The number of likely N-dealkylation sites (tertiary alicyclic amines) is 2. The summed E-state index contributed by atoms with van der Waals surface area (Å²) in [5.41, 5.74) is 0.677. The number of piperidine rings is 2. The maximum atomic E-state index is 3.51. The van der Waals surface area contributed by atoms with Crippen molar-refractivity contribution >= 4 is 0 Å². The van der Waals surface area contributed by atoms with Crippen LogP contribution in [0.15, 0.2) is 0 Å². The zero-order valence-electron chi connectivity index (χ0n) is 12.0. The Morgan fingerprint density at radius 2 is 2.00 bits per heavy atom. The third kappa shape index (κ3) is 2.89. The number of hydrogen-bond donors (Lipinski definition) is 1. The fourth-order valence-electron chi connectivity index (χ4n) is 4.20. The molecule has 0 radical (unpaired) electrons. The molecule has 3 aliphatic rings. The van der Waals surface area contributed by atoms with Gasteiger partial charge in [0.1, 0.15) is 0 Å². The van der Waals surface area contributed by atoms with Gasteiger partial charge in [-0.1, -0.05) is 0 Å². The molecule has 1 unspecified atom stereocenters. The molecule has 18 heavy (non-hydrogen) atoms. The summed E-state index contributed by atoms with van der Waals surface area (Å²) in [6, 6.07) is 0. The van der Waals surface area contributed by atoms with E-state index < -0.39 is 0 Å². The molecule has 3 rings (SSSR count). The van der Waals surface area contributed by atoms with E-state index in [1.807, 2.05) is 0 Å². The van der Waals surface area contributed by atoms with E-state index in [1.165, 1.54) is 77.9 Å². The highest BCUT2D eigenvalue weighted by Gasteiger charge is 2.38. The third-order valence-corrected chi connectivity index (χ3v) is 5.47. The van der Waals surface area contributed by atoms with Crippen LogP contribution < -0.4 is 5.32 Å². The van der Waals surface area contributed by atoms with Crippen LogP contribution in [-0.4, -0.2) is 62.7 Å². The van der Waals surface area contributed by atoms with Crippen molar-refractivity contribution in [2.75, 3.05) is 52.9 Å². The molecule has 0 amide bonds. The van der Waals surface area contributed by atoms with Crippen molar-refractivity contribution in [3.63, 3.8) is 0 Å². The molecule has 0 saturated carbocycles. The summed E-state index contributed by atoms with van der Waals surface area (Å²) in [7, 11) is 2.28. The topological polar surface area (TPSA) is 18.5 Å². The minimum atomic E-state index is 0.677. The van der Waals surface area contributed by atoms with Gasteiger partial charge >= 0.3 is 0 Å². The second kappa shape index (κ2) is 5.48. The van der Waals surface area contributed by atoms with Crippen molar-refractivity contribution < 1.29 is 0 Å². The average molecular weight is 251 g/mol. The van der Waals surface area contributed by atoms with Gasteiger partial charge in [0.25, 0.3) is 0 Å². The molecule has 0 aromatic carbocycles. The highest BCUT2D eigenvalue weighted by Crippen LogP contribution is 2.39. The minimum absolute atomic E-state index is 0.677. The highest BCUT2D eigenvalue weighted by atomic mass is 15.2. The van der Waals surface area contributed by atoms with Crippen molar-refractivity contribution in [3.05, 3.63) is 0 Å². The lowest BCUT2D eigenvalue weighted by atomic mass is 9.72. The van der Waals surface area contributed by atoms with E-state index in [2.05, 4.69) is 22.2 Å². The van der Waals surface area contributed by atoms with Crippen molar-refractivity contribution in [1.29, 1.82) is 0 Å². The maximum Gasteiger partial charge on any atom is 0.00391 e. The fraction of sp³-hybridized carbons (Fsp3) is 1.00. The largest absolute Gasteiger partial charge is 0.316 e. The Labute approximate surface area is 112 Å². The second-order valence-corrected chi connectivity index (χ2v) is 7.00. The van der Waals surface area contributed by atoms with Crippen LogP contribution in [0.4, 0.5) is 0 Å². The molecule has 0 aromatic rings. The van der Waals surface area contributed by atoms with Gasteiger partial charge in [-0.05, 0) is 83.2 Å². The molecule has 0 aromatic heterocycles. The van der Waals surface area contributed by atoms with Crippen LogP contribution in [0.5, 0.6) is 0 Å². The Balaban J connectivity index is 1.54. The van der Waals surface area contributed by atoms with Crippen LogP contribution in [0.2, 0.25) is 0 Å². The fourth-order valence-corrected chi connectivity index (χ4v) is 4.20. The van der Waals surface area contributed by atoms with Gasteiger partial charge in [0.05, 0.1) is 0 Å². The molecule has 1 spiro atoms. The Kier molecular flexibility index (Phi) is 3.92. The average Bonchev–Trinajstić information content (AvgIpc) is 2.87. The minimum Gasteiger partial charge on any atom is -0.316 e. The standard InChI is InChI=1S/C15H29N3/c1-17-9-5-15(6-10-17)4-2-8-18(13-15)12-14-3-7-16-11-14/h14,16H,2-13H2,1H3. The molecular formula is C15H29N3. The quantitative estimate of drug-likeness (QED) is 0.800. The van der Waals surface area contributed by atoms with Crippen LogP contribution in [-0.2, 0) is 0 Å². The van der Waals surface area contributed by atoms with Crippen LogP contribution in [0, 0.1) is 11.3 Å². The van der Waals surface area contributed by atoms with E-state index in [0.717, 1.165) is 5.92 Å². The summed E-state index contributed by atoms with van der Waals surface area (Å²) in [4.78, 5) is 5.29. The maximum absolute atomic E-state index is 3.51. The molecule has 3 heterocycles. The Morgan fingerprint density at radius 3 is 2.72 bits per heavy atom. The molecule has 3 heteroatoms. The lowest BCUT2D eigenvalue weighted by Gasteiger charge is -2.47. The lowest BCUT2D eigenvalue weighted by molar-refractivity contribution is 0.0255. The van der Waals surface area contributed by atoms with Gasteiger partial charge < -0.3 is 15.1 Å². The predicted octanol–water partition coefficient (Wildman–Crippen LogP) is 1.40. The Bertz CT molecular complexity index is 265. The highest BCUT2D eigenvalue weighted by molar-refractivity contribution is 4.92. The first-order valence-electron chi connectivity index (χ1n) is 7.87. The zero-order chi connectivity index (χ0) is 12.4. The molecule has 3 aliphatic heterocycles. The predicted molar refractivity (Wildman–Crippen MR) is 75.8 cm³/mol. The van der Waals surface area contributed by atoms with Gasteiger partial charge in [0.2, 0.25) is 0 Å². The lowest BCUT2D eigenvalue weighted by Crippen LogP contribution is -2.49. The van der Waals surface area contributed by atoms with Gasteiger partial charge in [-0.25, -0.2) is 0 Å². The molecule has 3 fully saturated rings. The van der Waals surface area contributed by atoms with Gasteiger partial charge in [-0.2, -0.15) is 0 Å². The number of nitrogens with zero attached hydrogens (tertiary/aromatic N) is 2. The van der Waals surface area contributed by atoms with Crippen LogP contribution in [0.3, 0.4) is 0 Å². The van der Waals surface area contributed by atoms with E-state index in [0.29, 0.717) is 5.41 Å². The first-order valence-corrected chi connectivity index (χ1v) is 7.87. The third-order valence-electron chi connectivity index (χ3n) is 5.47. The van der Waals surface area contributed by atoms with E-state index in [1.54, 1.807) is 0 Å². The molecule has 0 aliphatic carbocycles. The van der Waals surface area contributed by atoms with E-state index >= 15 is 0 Å². The summed E-state index contributed by atoms with van der Waals surface area (Å²) in [6.45, 7) is 9.23. The van der Waals surface area contributed by atoms with Crippen molar-refractivity contribution in [2.24, 2.45) is 11.3 Å². The SMILES string of the molecule is CN1CCC2(CCCN(CC3CCNC3)C2)CC1. The number of hydrogen-bond acceptors (Lipinski definition) is 3. The number of nitrogens with one attached hydrogen (secondary N) is 1. The van der Waals surface area contributed by atoms with Crippen LogP contribution in [0.25, 0.3) is 0 Å². The monoisotopic (exact) mass is 251 g/mol. The second-order valence-electron chi connectivity index (χ2n) is 7.00. The van der Waals surface area contributed by atoms with Crippen LogP contribution >= 0.6 is 0 Å². The normalized spacial score (nSPS) is 34.2. The van der Waals surface area contributed by atoms with Gasteiger partial charge in [-0.3, -0.25) is 0 Å². The van der Waals surface area contributed by atoms with E-state index in [9.17, 15) is 0 Å². The first-order chi connectivity index (χ1) is 8.76. The Morgan fingerprint density at radius 1 is 1.17 bits per heavy atom. The van der Waals surface area contributed by atoms with E-state index in [4.69, 9.17) is 0 Å². The molecule has 3 saturated heterocycles. The molecule has 0 bridgehead atoms. The zero-order valence-corrected chi connectivity index (χ0v) is 12.0. The molecular weight excluding hydrogens is 222 g/mol. The van der Waals surface area contributed by atoms with Crippen molar-refractivity contribution in [2.45, 2.75) is 32.1 Å². The van der Waals surface area contributed by atoms with Gasteiger partial charge in [-0.15, -0.1) is 0 Å². The Hall–Kier alpha value is -0.120.